The largest absolute Gasteiger partial charge is 0.409 e. The van der Waals surface area contributed by atoms with E-state index in [1.807, 2.05) is 0 Å². The second kappa shape index (κ2) is 2.84. The SMILES string of the molecule is C#CC[Si](O)(O)CN. The van der Waals surface area contributed by atoms with E-state index >= 15 is 0 Å². The number of nitrogens with two attached hydrogens (primary N) is 1. The molecular formula is C4H9NO2Si. The molecule has 0 aromatic rings. The van der Waals surface area contributed by atoms with Crippen LogP contribution in [0.1, 0.15) is 0 Å². The highest BCUT2D eigenvalue weighted by atomic mass is 28.4. The van der Waals surface area contributed by atoms with Crippen molar-refractivity contribution in [1.29, 1.82) is 0 Å². The zero-order chi connectivity index (χ0) is 6.62. The first-order valence-electron chi connectivity index (χ1n) is 2.20. The van der Waals surface area contributed by atoms with E-state index in [9.17, 15) is 0 Å². The van der Waals surface area contributed by atoms with Crippen LogP contribution in [0.2, 0.25) is 6.04 Å². The Hall–Kier alpha value is -0.343. The molecule has 0 spiro atoms. The molecule has 0 aromatic carbocycles. The van der Waals surface area contributed by atoms with Gasteiger partial charge in [0, 0.05) is 6.17 Å². The molecular weight excluding hydrogens is 122 g/mol. The van der Waals surface area contributed by atoms with E-state index in [4.69, 9.17) is 21.7 Å². The van der Waals surface area contributed by atoms with Crippen molar-refractivity contribution < 1.29 is 9.59 Å². The molecule has 8 heavy (non-hydrogen) atoms. The zero-order valence-electron chi connectivity index (χ0n) is 4.46. The van der Waals surface area contributed by atoms with Crippen LogP contribution in [0.3, 0.4) is 0 Å². The van der Waals surface area contributed by atoms with Gasteiger partial charge in [0.25, 0.3) is 0 Å². The van der Waals surface area contributed by atoms with Gasteiger partial charge < -0.3 is 15.3 Å². The van der Waals surface area contributed by atoms with Crippen molar-refractivity contribution >= 4 is 8.56 Å². The summed E-state index contributed by atoms with van der Waals surface area (Å²) in [5, 5.41) is 0. The number of rotatable bonds is 2. The lowest BCUT2D eigenvalue weighted by Crippen LogP contribution is -2.43. The minimum absolute atomic E-state index is 0.0174. The van der Waals surface area contributed by atoms with Crippen molar-refractivity contribution in [3.8, 4) is 12.3 Å². The molecule has 0 aliphatic rings. The van der Waals surface area contributed by atoms with Crippen molar-refractivity contribution in [2.24, 2.45) is 5.73 Å². The third-order valence-electron chi connectivity index (χ3n) is 0.712. The van der Waals surface area contributed by atoms with Crippen LogP contribution < -0.4 is 5.73 Å². The standard InChI is InChI=1S/C4H9NO2Si/c1-2-3-8(6,7)4-5/h1,6-7H,3-5H2. The highest BCUT2D eigenvalue weighted by molar-refractivity contribution is 6.65. The lowest BCUT2D eigenvalue weighted by atomic mass is 10.8. The van der Waals surface area contributed by atoms with E-state index in [2.05, 4.69) is 5.92 Å². The molecule has 4 heteroatoms. The predicted molar refractivity (Wildman–Crippen MR) is 32.9 cm³/mol. The second-order valence-electron chi connectivity index (χ2n) is 1.57. The maximum Gasteiger partial charge on any atom is 0.359 e. The molecule has 0 aliphatic heterocycles. The van der Waals surface area contributed by atoms with Crippen molar-refractivity contribution in [1.82, 2.24) is 0 Å². The van der Waals surface area contributed by atoms with Gasteiger partial charge in [-0.15, -0.1) is 12.3 Å². The minimum Gasteiger partial charge on any atom is -0.409 e. The topological polar surface area (TPSA) is 66.5 Å². The fourth-order valence-electron chi connectivity index (χ4n) is 0.236. The van der Waals surface area contributed by atoms with Crippen molar-refractivity contribution in [2.75, 3.05) is 6.17 Å². The van der Waals surface area contributed by atoms with E-state index in [0.717, 1.165) is 0 Å². The van der Waals surface area contributed by atoms with Crippen LogP contribution in [0.15, 0.2) is 0 Å². The molecule has 0 rings (SSSR count). The molecule has 0 unspecified atom stereocenters. The summed E-state index contributed by atoms with van der Waals surface area (Å²) in [6, 6.07) is 0.0174. The van der Waals surface area contributed by atoms with E-state index in [1.165, 1.54) is 0 Å². The van der Waals surface area contributed by atoms with Crippen LogP contribution in [-0.4, -0.2) is 24.3 Å². The molecule has 4 N–H and O–H groups in total. The van der Waals surface area contributed by atoms with Crippen LogP contribution in [0.25, 0.3) is 0 Å². The van der Waals surface area contributed by atoms with E-state index in [1.54, 1.807) is 0 Å². The molecule has 0 aromatic heterocycles. The van der Waals surface area contributed by atoms with Gasteiger partial charge in [0.2, 0.25) is 0 Å². The molecule has 0 fully saturated rings. The Balaban J connectivity index is 3.58. The summed E-state index contributed by atoms with van der Waals surface area (Å²) in [5.74, 6) is 2.14. The van der Waals surface area contributed by atoms with Gasteiger partial charge in [-0.1, -0.05) is 0 Å². The first-order valence-corrected chi connectivity index (χ1v) is 4.51. The average Bonchev–Trinajstić information content (AvgIpc) is 1.67. The van der Waals surface area contributed by atoms with Crippen molar-refractivity contribution in [2.45, 2.75) is 6.04 Å². The first kappa shape index (κ1) is 7.66. The van der Waals surface area contributed by atoms with Gasteiger partial charge >= 0.3 is 8.56 Å². The van der Waals surface area contributed by atoms with Crippen molar-refractivity contribution in [3.63, 3.8) is 0 Å². The predicted octanol–water partition coefficient (Wildman–Crippen LogP) is -1.46. The normalized spacial score (nSPS) is 10.8. The highest BCUT2D eigenvalue weighted by Crippen LogP contribution is 1.94. The van der Waals surface area contributed by atoms with Gasteiger partial charge in [0.1, 0.15) is 0 Å². The number of terminal acetylenes is 1. The van der Waals surface area contributed by atoms with E-state index < -0.39 is 8.56 Å². The van der Waals surface area contributed by atoms with E-state index in [0.29, 0.717) is 0 Å². The fraction of sp³-hybridized carbons (Fsp3) is 0.500. The Labute approximate surface area is 49.4 Å². The summed E-state index contributed by atoms with van der Waals surface area (Å²) < 4.78 is 0. The molecule has 0 amide bonds. The molecule has 46 valence electrons. The Kier molecular flexibility index (Phi) is 2.72. The van der Waals surface area contributed by atoms with Crippen LogP contribution in [0, 0.1) is 12.3 Å². The van der Waals surface area contributed by atoms with Gasteiger partial charge in [-0.05, 0) is 0 Å². The smallest absolute Gasteiger partial charge is 0.359 e. The van der Waals surface area contributed by atoms with Crippen LogP contribution >= 0.6 is 0 Å². The Bertz CT molecular complexity index is 107. The van der Waals surface area contributed by atoms with E-state index in [-0.39, 0.29) is 12.2 Å². The Morgan fingerprint density at radius 3 is 2.25 bits per heavy atom. The van der Waals surface area contributed by atoms with Gasteiger partial charge in [-0.3, -0.25) is 0 Å². The molecule has 0 atom stereocenters. The van der Waals surface area contributed by atoms with Gasteiger partial charge in [-0.25, -0.2) is 0 Å². The molecule has 0 saturated heterocycles. The maximum absolute atomic E-state index is 8.75. The Morgan fingerprint density at radius 1 is 1.62 bits per heavy atom. The minimum atomic E-state index is -3.14. The number of hydrogen-bond donors (Lipinski definition) is 3. The van der Waals surface area contributed by atoms with Crippen molar-refractivity contribution in [3.05, 3.63) is 0 Å². The van der Waals surface area contributed by atoms with Gasteiger partial charge in [-0.2, -0.15) is 0 Å². The van der Waals surface area contributed by atoms with Crippen LogP contribution in [0.5, 0.6) is 0 Å². The van der Waals surface area contributed by atoms with Gasteiger partial charge in [0.15, 0.2) is 0 Å². The average molecular weight is 131 g/mol. The highest BCUT2D eigenvalue weighted by Gasteiger charge is 2.24. The summed E-state index contributed by atoms with van der Waals surface area (Å²) in [6.07, 6.45) is 4.71. The molecule has 0 saturated carbocycles. The maximum atomic E-state index is 8.75. The second-order valence-corrected chi connectivity index (χ2v) is 4.29. The molecule has 0 radical (unpaired) electrons. The lowest BCUT2D eigenvalue weighted by molar-refractivity contribution is 0.367. The monoisotopic (exact) mass is 131 g/mol. The zero-order valence-corrected chi connectivity index (χ0v) is 5.46. The summed E-state index contributed by atoms with van der Waals surface area (Å²) in [6.45, 7) is 0. The molecule has 3 nitrogen and oxygen atoms in total. The first-order chi connectivity index (χ1) is 3.62. The lowest BCUT2D eigenvalue weighted by Gasteiger charge is -2.09. The summed E-state index contributed by atoms with van der Waals surface area (Å²) in [4.78, 5) is 17.5. The molecule has 0 aliphatic carbocycles. The van der Waals surface area contributed by atoms with Crippen LogP contribution in [0.4, 0.5) is 0 Å². The number of hydrogen-bond acceptors (Lipinski definition) is 3. The molecule has 0 bridgehead atoms. The third-order valence-corrected chi connectivity index (χ3v) is 2.14. The van der Waals surface area contributed by atoms with Gasteiger partial charge in [0.05, 0.1) is 6.04 Å². The molecule has 0 heterocycles. The third kappa shape index (κ3) is 2.77. The summed E-state index contributed by atoms with van der Waals surface area (Å²) in [7, 11) is -3.14. The summed E-state index contributed by atoms with van der Waals surface area (Å²) >= 11 is 0. The quantitative estimate of drug-likeness (QED) is 0.317. The summed E-state index contributed by atoms with van der Waals surface area (Å²) in [5.41, 5.74) is 4.96. The van der Waals surface area contributed by atoms with Crippen LogP contribution in [-0.2, 0) is 0 Å². The fourth-order valence-corrected chi connectivity index (χ4v) is 0.707. The Morgan fingerprint density at radius 2 is 2.12 bits per heavy atom.